The van der Waals surface area contributed by atoms with Gasteiger partial charge in [0.05, 0.1) is 16.8 Å². The third-order valence-corrected chi connectivity index (χ3v) is 6.63. The summed E-state index contributed by atoms with van der Waals surface area (Å²) in [5.41, 5.74) is 1.74. The van der Waals surface area contributed by atoms with Gasteiger partial charge in [-0.1, -0.05) is 30.3 Å². The van der Waals surface area contributed by atoms with Gasteiger partial charge in [0.25, 0.3) is 11.8 Å². The number of carboxylic acid groups (broad SMARTS) is 1. The van der Waals surface area contributed by atoms with Gasteiger partial charge in [0.2, 0.25) is 0 Å². The Labute approximate surface area is 195 Å². The summed E-state index contributed by atoms with van der Waals surface area (Å²) >= 11 is -2.95. The number of amides is 2. The lowest BCUT2D eigenvalue weighted by Gasteiger charge is -2.32. The van der Waals surface area contributed by atoms with Crippen LogP contribution < -0.4 is 4.31 Å². The highest BCUT2D eigenvalue weighted by Crippen LogP contribution is 2.33. The molecule has 0 fully saturated rings. The van der Waals surface area contributed by atoms with Gasteiger partial charge in [0.15, 0.2) is 0 Å². The van der Waals surface area contributed by atoms with Crippen LogP contribution in [-0.2, 0) is 16.1 Å². The van der Waals surface area contributed by atoms with Crippen molar-refractivity contribution in [2.24, 2.45) is 0 Å². The van der Waals surface area contributed by atoms with Crippen molar-refractivity contribution in [2.75, 3.05) is 10.8 Å². The fourth-order valence-corrected chi connectivity index (χ4v) is 4.94. The van der Waals surface area contributed by atoms with Gasteiger partial charge >= 0.3 is 5.97 Å². The maximum Gasteiger partial charge on any atom is 0.327 e. The molecule has 0 radical (unpaired) electrons. The maximum atomic E-state index is 12.6. The number of aliphatic carboxylic acids is 1. The normalized spacial score (nSPS) is 15.0. The maximum absolute atomic E-state index is 12.6. The van der Waals surface area contributed by atoms with Crippen LogP contribution in [0.25, 0.3) is 21.9 Å². The SMILES string of the molecule is O=C(O)C(CCN1C(=O)c2ccccc2C1=O)N(c1ccc2oc3ccccc3c2c1)S(=O)[O-]. The Morgan fingerprint density at radius 1 is 0.971 bits per heavy atom. The van der Waals surface area contributed by atoms with Crippen molar-refractivity contribution in [2.45, 2.75) is 12.5 Å². The number of anilines is 1. The number of carbonyl (C=O) groups is 3. The smallest absolute Gasteiger partial charge is 0.327 e. The summed E-state index contributed by atoms with van der Waals surface area (Å²) in [5, 5.41) is 11.2. The highest BCUT2D eigenvalue weighted by atomic mass is 32.2. The monoisotopic (exact) mass is 477 g/mol. The van der Waals surface area contributed by atoms with Crippen LogP contribution in [0, 0.1) is 0 Å². The number of nitrogens with zero attached hydrogens (tertiary/aromatic N) is 2. The van der Waals surface area contributed by atoms with Crippen LogP contribution in [0.3, 0.4) is 0 Å². The van der Waals surface area contributed by atoms with E-state index in [1.807, 2.05) is 18.2 Å². The molecular formula is C24H17N2O7S-. The minimum absolute atomic E-state index is 0.127. The summed E-state index contributed by atoms with van der Waals surface area (Å²) in [5.74, 6) is -2.48. The average molecular weight is 477 g/mol. The molecule has 9 nitrogen and oxygen atoms in total. The van der Waals surface area contributed by atoms with Crippen molar-refractivity contribution in [3.05, 3.63) is 77.9 Å². The van der Waals surface area contributed by atoms with Crippen LogP contribution in [-0.4, -0.2) is 49.1 Å². The Bertz CT molecular complexity index is 1460. The lowest BCUT2D eigenvalue weighted by molar-refractivity contribution is -0.138. The largest absolute Gasteiger partial charge is 0.755 e. The van der Waals surface area contributed by atoms with E-state index in [1.165, 1.54) is 18.2 Å². The first-order valence-electron chi connectivity index (χ1n) is 10.3. The van der Waals surface area contributed by atoms with Gasteiger partial charge in [0.1, 0.15) is 17.2 Å². The molecule has 1 aromatic heterocycles. The topological polar surface area (TPSA) is 131 Å². The molecule has 0 saturated carbocycles. The molecule has 2 amide bonds. The van der Waals surface area contributed by atoms with E-state index in [9.17, 15) is 28.3 Å². The molecule has 1 aliphatic rings. The van der Waals surface area contributed by atoms with E-state index in [-0.39, 0.29) is 29.8 Å². The van der Waals surface area contributed by atoms with Crippen LogP contribution in [0.15, 0.2) is 71.1 Å². The Hall–Kier alpha value is -4.02. The van der Waals surface area contributed by atoms with Crippen molar-refractivity contribution in [3.8, 4) is 0 Å². The van der Waals surface area contributed by atoms with Gasteiger partial charge in [-0.2, -0.15) is 0 Å². The molecule has 1 aliphatic heterocycles. The van der Waals surface area contributed by atoms with E-state index in [0.717, 1.165) is 14.6 Å². The van der Waals surface area contributed by atoms with E-state index >= 15 is 0 Å². The Balaban J connectivity index is 1.46. The second kappa shape index (κ2) is 8.40. The third-order valence-electron chi connectivity index (χ3n) is 5.85. The highest BCUT2D eigenvalue weighted by molar-refractivity contribution is 7.80. The summed E-state index contributed by atoms with van der Waals surface area (Å²) in [4.78, 5) is 38.3. The highest BCUT2D eigenvalue weighted by Gasteiger charge is 2.37. The molecule has 172 valence electrons. The molecule has 10 heteroatoms. The fraction of sp³-hybridized carbons (Fsp3) is 0.125. The molecule has 2 atom stereocenters. The average Bonchev–Trinajstić information content (AvgIpc) is 3.31. The van der Waals surface area contributed by atoms with Crippen molar-refractivity contribution in [1.82, 2.24) is 4.90 Å². The molecule has 0 saturated heterocycles. The first kappa shape index (κ1) is 21.8. The molecule has 0 bridgehead atoms. The van der Waals surface area contributed by atoms with Gasteiger partial charge in [-0.15, -0.1) is 0 Å². The number of benzene rings is 3. The Morgan fingerprint density at radius 3 is 2.24 bits per heavy atom. The molecule has 34 heavy (non-hydrogen) atoms. The molecule has 0 spiro atoms. The number of carboxylic acids is 1. The van der Waals surface area contributed by atoms with E-state index in [0.29, 0.717) is 16.6 Å². The number of rotatable bonds is 7. The minimum Gasteiger partial charge on any atom is -0.755 e. The number of hydrogen-bond donors (Lipinski definition) is 1. The van der Waals surface area contributed by atoms with Gasteiger partial charge in [-0.3, -0.25) is 23.0 Å². The van der Waals surface area contributed by atoms with Crippen LogP contribution in [0.4, 0.5) is 5.69 Å². The number of fused-ring (bicyclic) bond motifs is 4. The van der Waals surface area contributed by atoms with Crippen LogP contribution >= 0.6 is 0 Å². The summed E-state index contributed by atoms with van der Waals surface area (Å²) in [6.07, 6.45) is -0.293. The zero-order valence-electron chi connectivity index (χ0n) is 17.5. The molecule has 4 aromatic rings. The Morgan fingerprint density at radius 2 is 1.59 bits per heavy atom. The molecule has 2 unspecified atom stereocenters. The number of imide groups is 1. The van der Waals surface area contributed by atoms with Crippen molar-refractivity contribution in [1.29, 1.82) is 0 Å². The molecule has 2 heterocycles. The number of carbonyl (C=O) groups excluding carboxylic acids is 2. The van der Waals surface area contributed by atoms with E-state index in [1.54, 1.807) is 30.3 Å². The summed E-state index contributed by atoms with van der Waals surface area (Å²) < 4.78 is 30.8. The zero-order chi connectivity index (χ0) is 24.0. The number of furan rings is 1. The third kappa shape index (κ3) is 3.53. The first-order chi connectivity index (χ1) is 16.4. The van der Waals surface area contributed by atoms with E-state index < -0.39 is 35.1 Å². The first-order valence-corrected chi connectivity index (χ1v) is 11.4. The fourth-order valence-electron chi connectivity index (χ4n) is 4.26. The molecule has 3 aromatic carbocycles. The summed E-state index contributed by atoms with van der Waals surface area (Å²) in [6, 6.07) is 16.6. The summed E-state index contributed by atoms with van der Waals surface area (Å²) in [7, 11) is 0. The predicted octanol–water partition coefficient (Wildman–Crippen LogP) is 3.33. The van der Waals surface area contributed by atoms with Gasteiger partial charge in [0, 0.05) is 28.6 Å². The van der Waals surface area contributed by atoms with Gasteiger partial charge in [-0.25, -0.2) is 4.79 Å². The van der Waals surface area contributed by atoms with Crippen LogP contribution in [0.1, 0.15) is 27.1 Å². The molecule has 1 N–H and O–H groups in total. The zero-order valence-corrected chi connectivity index (χ0v) is 18.4. The van der Waals surface area contributed by atoms with Gasteiger partial charge < -0.3 is 14.1 Å². The van der Waals surface area contributed by atoms with Crippen LogP contribution in [0.5, 0.6) is 0 Å². The molecule has 5 rings (SSSR count). The molecule has 0 aliphatic carbocycles. The van der Waals surface area contributed by atoms with Crippen LogP contribution in [0.2, 0.25) is 0 Å². The van der Waals surface area contributed by atoms with Crippen molar-refractivity contribution in [3.63, 3.8) is 0 Å². The number of para-hydroxylation sites is 1. The van der Waals surface area contributed by atoms with E-state index in [4.69, 9.17) is 4.42 Å². The van der Waals surface area contributed by atoms with Crippen molar-refractivity contribution >= 4 is 56.7 Å². The molecular weight excluding hydrogens is 460 g/mol. The lowest BCUT2D eigenvalue weighted by atomic mass is 10.1. The second-order valence-electron chi connectivity index (χ2n) is 7.77. The standard InChI is InChI=1S/C24H18N2O7S/c27-22-16-6-1-2-7-17(16)23(28)25(22)12-11-19(24(29)30)26(34(31)32)14-9-10-21-18(13-14)15-5-3-4-8-20(15)33-21/h1-10,13,19H,11-12H2,(H,29,30)(H,31,32)/p-1. The second-order valence-corrected chi connectivity index (χ2v) is 8.60. The van der Waals surface area contributed by atoms with Gasteiger partial charge in [-0.05, 0) is 42.8 Å². The van der Waals surface area contributed by atoms with Crippen molar-refractivity contribution < 1.29 is 32.7 Å². The number of hydrogen-bond acceptors (Lipinski definition) is 6. The lowest BCUT2D eigenvalue weighted by Crippen LogP contribution is -2.45. The predicted molar refractivity (Wildman–Crippen MR) is 123 cm³/mol. The quantitative estimate of drug-likeness (QED) is 0.319. The van der Waals surface area contributed by atoms with E-state index in [2.05, 4.69) is 0 Å². The minimum atomic E-state index is -2.95. The Kier molecular flexibility index (Phi) is 5.39. The summed E-state index contributed by atoms with van der Waals surface area (Å²) in [6.45, 7) is -0.256.